The van der Waals surface area contributed by atoms with Crippen molar-refractivity contribution in [3.8, 4) is 0 Å². The summed E-state index contributed by atoms with van der Waals surface area (Å²) in [7, 11) is 0. The standard InChI is InChI=1S/C8H5Cl2N/c9-7-2-1-6(3-4-11)5-8(7)10/h1-3,5,11H. The summed E-state index contributed by atoms with van der Waals surface area (Å²) < 4.78 is 0. The lowest BCUT2D eigenvalue weighted by Crippen LogP contribution is -1.72. The molecule has 0 fully saturated rings. The van der Waals surface area contributed by atoms with Gasteiger partial charge in [-0.15, -0.1) is 0 Å². The van der Waals surface area contributed by atoms with E-state index in [1.807, 2.05) is 0 Å². The smallest absolute Gasteiger partial charge is 0.0598 e. The third kappa shape index (κ3) is 2.09. The lowest BCUT2D eigenvalue weighted by Gasteiger charge is -1.94. The third-order valence-electron chi connectivity index (χ3n) is 1.18. The number of nitrogens with one attached hydrogen (secondary N) is 1. The molecule has 1 aromatic rings. The van der Waals surface area contributed by atoms with E-state index >= 15 is 0 Å². The first-order valence-corrected chi connectivity index (χ1v) is 3.70. The van der Waals surface area contributed by atoms with Gasteiger partial charge in [0.15, 0.2) is 0 Å². The van der Waals surface area contributed by atoms with Gasteiger partial charge in [0.2, 0.25) is 0 Å². The zero-order chi connectivity index (χ0) is 8.27. The molecule has 0 saturated heterocycles. The van der Waals surface area contributed by atoms with Crippen molar-refractivity contribution < 1.29 is 0 Å². The zero-order valence-electron chi connectivity index (χ0n) is 5.57. The van der Waals surface area contributed by atoms with Gasteiger partial charge in [-0.2, -0.15) is 0 Å². The van der Waals surface area contributed by atoms with Gasteiger partial charge < -0.3 is 0 Å². The van der Waals surface area contributed by atoms with Crippen molar-refractivity contribution in [2.24, 2.45) is 0 Å². The monoisotopic (exact) mass is 185 g/mol. The molecule has 0 radical (unpaired) electrons. The fraction of sp³-hybridized carbons (Fsp3) is 0. The normalized spacial score (nSPS) is 8.91. The Morgan fingerprint density at radius 1 is 1.27 bits per heavy atom. The van der Waals surface area contributed by atoms with Crippen LogP contribution in [-0.4, -0.2) is 5.87 Å². The molecule has 1 N–H and O–H groups in total. The van der Waals surface area contributed by atoms with Gasteiger partial charge in [0.25, 0.3) is 0 Å². The van der Waals surface area contributed by atoms with E-state index in [0.717, 1.165) is 5.56 Å². The van der Waals surface area contributed by atoms with Crippen LogP contribution in [0, 0.1) is 5.41 Å². The molecule has 0 atom stereocenters. The van der Waals surface area contributed by atoms with E-state index in [9.17, 15) is 0 Å². The lowest BCUT2D eigenvalue weighted by molar-refractivity contribution is 1.59. The Kier molecular flexibility index (Phi) is 2.72. The van der Waals surface area contributed by atoms with Gasteiger partial charge in [-0.3, -0.25) is 5.41 Å². The van der Waals surface area contributed by atoms with Crippen LogP contribution in [0.2, 0.25) is 10.0 Å². The van der Waals surface area contributed by atoms with Crippen molar-refractivity contribution in [2.75, 3.05) is 0 Å². The van der Waals surface area contributed by atoms with E-state index in [4.69, 9.17) is 28.6 Å². The molecule has 0 bridgehead atoms. The average molecular weight is 186 g/mol. The van der Waals surface area contributed by atoms with Crippen molar-refractivity contribution >= 4 is 35.1 Å². The molecule has 0 heterocycles. The first-order valence-electron chi connectivity index (χ1n) is 2.94. The summed E-state index contributed by atoms with van der Waals surface area (Å²) in [6.07, 6.45) is 1.52. The van der Waals surface area contributed by atoms with Gasteiger partial charge in [0.1, 0.15) is 0 Å². The van der Waals surface area contributed by atoms with E-state index in [0.29, 0.717) is 10.0 Å². The predicted octanol–water partition coefficient (Wildman–Crippen LogP) is 3.26. The highest BCUT2D eigenvalue weighted by Gasteiger charge is 1.95. The molecule has 1 aromatic carbocycles. The largest absolute Gasteiger partial charge is 0.259 e. The minimum atomic E-state index is 0.496. The quantitative estimate of drug-likeness (QED) is 0.651. The van der Waals surface area contributed by atoms with Gasteiger partial charge in [-0.05, 0) is 23.6 Å². The molecule has 11 heavy (non-hydrogen) atoms. The van der Waals surface area contributed by atoms with Crippen molar-refractivity contribution in [2.45, 2.75) is 0 Å². The molecule has 0 aliphatic heterocycles. The summed E-state index contributed by atoms with van der Waals surface area (Å²) >= 11 is 11.4. The first-order chi connectivity index (χ1) is 5.24. The highest BCUT2D eigenvalue weighted by atomic mass is 35.5. The molecule has 1 nitrogen and oxygen atoms in total. The Balaban J connectivity index is 3.14. The van der Waals surface area contributed by atoms with Gasteiger partial charge in [-0.1, -0.05) is 29.3 Å². The Labute approximate surface area is 74.8 Å². The summed E-state index contributed by atoms with van der Waals surface area (Å²) in [4.78, 5) is 0. The Morgan fingerprint density at radius 2 is 2.00 bits per heavy atom. The number of hydrogen-bond acceptors (Lipinski definition) is 1. The maximum atomic E-state index is 6.68. The number of hydrogen-bond donors (Lipinski definition) is 1. The van der Waals surface area contributed by atoms with E-state index < -0.39 is 0 Å². The van der Waals surface area contributed by atoms with Crippen LogP contribution in [0.3, 0.4) is 0 Å². The molecule has 0 spiro atoms. The minimum Gasteiger partial charge on any atom is -0.259 e. The summed E-state index contributed by atoms with van der Waals surface area (Å²) in [6, 6.07) is 5.15. The minimum absolute atomic E-state index is 0.496. The van der Waals surface area contributed by atoms with Gasteiger partial charge >= 0.3 is 0 Å². The second-order valence-corrected chi connectivity index (χ2v) is 2.78. The third-order valence-corrected chi connectivity index (χ3v) is 1.92. The zero-order valence-corrected chi connectivity index (χ0v) is 7.08. The van der Waals surface area contributed by atoms with Crippen molar-refractivity contribution in [3.05, 3.63) is 33.8 Å². The molecule has 0 aliphatic rings. The van der Waals surface area contributed by atoms with Crippen LogP contribution < -0.4 is 0 Å². The van der Waals surface area contributed by atoms with Crippen LogP contribution in [0.1, 0.15) is 5.56 Å². The van der Waals surface area contributed by atoms with Crippen molar-refractivity contribution in [3.63, 3.8) is 0 Å². The van der Waals surface area contributed by atoms with Crippen LogP contribution in [0.25, 0.3) is 6.08 Å². The van der Waals surface area contributed by atoms with Gasteiger partial charge in [0, 0.05) is 6.08 Å². The second kappa shape index (κ2) is 3.59. The molecule has 0 aliphatic carbocycles. The molecular formula is C8H5Cl2N. The average Bonchev–Trinajstić information content (AvgIpc) is 1.98. The Morgan fingerprint density at radius 3 is 2.55 bits per heavy atom. The van der Waals surface area contributed by atoms with E-state index in [2.05, 4.69) is 5.87 Å². The second-order valence-electron chi connectivity index (χ2n) is 1.96. The molecule has 0 amide bonds. The van der Waals surface area contributed by atoms with E-state index in [1.54, 1.807) is 18.2 Å². The van der Waals surface area contributed by atoms with Crippen LogP contribution in [0.15, 0.2) is 18.2 Å². The van der Waals surface area contributed by atoms with Gasteiger partial charge in [-0.25, -0.2) is 0 Å². The molecule has 1 rings (SSSR count). The molecule has 0 unspecified atom stereocenters. The topological polar surface area (TPSA) is 23.9 Å². The fourth-order valence-electron chi connectivity index (χ4n) is 0.685. The van der Waals surface area contributed by atoms with Crippen LogP contribution >= 0.6 is 23.2 Å². The lowest BCUT2D eigenvalue weighted by atomic mass is 10.2. The SMILES string of the molecule is N=C=Cc1ccc(Cl)c(Cl)c1. The molecular weight excluding hydrogens is 181 g/mol. The summed E-state index contributed by atoms with van der Waals surface area (Å²) in [5.74, 6) is 2.15. The summed E-state index contributed by atoms with van der Waals surface area (Å²) in [5.41, 5.74) is 0.828. The van der Waals surface area contributed by atoms with Crippen LogP contribution in [0.5, 0.6) is 0 Å². The molecule has 3 heteroatoms. The Bertz CT molecular complexity index is 314. The highest BCUT2D eigenvalue weighted by molar-refractivity contribution is 6.42. The molecule has 0 aromatic heterocycles. The van der Waals surface area contributed by atoms with E-state index in [1.165, 1.54) is 6.08 Å². The van der Waals surface area contributed by atoms with Crippen molar-refractivity contribution in [1.82, 2.24) is 0 Å². The maximum absolute atomic E-state index is 6.68. The van der Waals surface area contributed by atoms with Crippen LogP contribution in [-0.2, 0) is 0 Å². The first kappa shape index (κ1) is 8.35. The predicted molar refractivity (Wildman–Crippen MR) is 48.7 cm³/mol. The number of benzene rings is 1. The fourth-order valence-corrected chi connectivity index (χ4v) is 0.992. The van der Waals surface area contributed by atoms with Crippen molar-refractivity contribution in [1.29, 1.82) is 5.41 Å². The number of rotatable bonds is 1. The highest BCUT2D eigenvalue weighted by Crippen LogP contribution is 2.22. The van der Waals surface area contributed by atoms with Crippen LogP contribution in [0.4, 0.5) is 0 Å². The number of halogens is 2. The summed E-state index contributed by atoms with van der Waals surface area (Å²) in [6.45, 7) is 0. The maximum Gasteiger partial charge on any atom is 0.0598 e. The molecule has 0 saturated carbocycles. The molecule has 56 valence electrons. The van der Waals surface area contributed by atoms with Gasteiger partial charge in [0.05, 0.1) is 10.0 Å². The van der Waals surface area contributed by atoms with E-state index in [-0.39, 0.29) is 0 Å². The Hall–Kier alpha value is -0.750. The summed E-state index contributed by atoms with van der Waals surface area (Å²) in [5, 5.41) is 7.70.